The molecule has 0 saturated heterocycles. The van der Waals surface area contributed by atoms with Crippen LogP contribution in [0.5, 0.6) is 0 Å². The Bertz CT molecular complexity index is 451. The number of aryl methyl sites for hydroxylation is 2. The third-order valence-corrected chi connectivity index (χ3v) is 2.33. The molecule has 2 aromatic rings. The molecular formula is C12H10ClFN2. The summed E-state index contributed by atoms with van der Waals surface area (Å²) in [7, 11) is 0. The highest BCUT2D eigenvalue weighted by atomic mass is 35.5. The molecule has 0 saturated carbocycles. The summed E-state index contributed by atoms with van der Waals surface area (Å²) in [6, 6.07) is 6.55. The van der Waals surface area contributed by atoms with Gasteiger partial charge < -0.3 is 0 Å². The average molecular weight is 237 g/mol. The van der Waals surface area contributed by atoms with Crippen LogP contribution in [0.4, 0.5) is 4.39 Å². The van der Waals surface area contributed by atoms with Crippen LogP contribution in [0, 0.1) is 19.7 Å². The summed E-state index contributed by atoms with van der Waals surface area (Å²) in [6.07, 6.45) is 0. The van der Waals surface area contributed by atoms with Crippen LogP contribution in [0.3, 0.4) is 0 Å². The van der Waals surface area contributed by atoms with E-state index in [9.17, 15) is 4.39 Å². The average Bonchev–Trinajstić information content (AvgIpc) is 2.14. The Morgan fingerprint density at radius 3 is 2.44 bits per heavy atom. The van der Waals surface area contributed by atoms with Crippen molar-refractivity contribution in [2.45, 2.75) is 13.8 Å². The van der Waals surface area contributed by atoms with E-state index in [1.165, 1.54) is 12.1 Å². The maximum absolute atomic E-state index is 13.2. The number of nitrogens with zero attached hydrogens (tertiary/aromatic N) is 2. The Labute approximate surface area is 98.1 Å². The van der Waals surface area contributed by atoms with Crippen LogP contribution in [0.15, 0.2) is 24.3 Å². The van der Waals surface area contributed by atoms with E-state index in [0.29, 0.717) is 11.3 Å². The second-order valence-corrected chi connectivity index (χ2v) is 4.02. The van der Waals surface area contributed by atoms with E-state index in [0.717, 1.165) is 11.3 Å². The molecule has 0 aliphatic rings. The predicted molar refractivity (Wildman–Crippen MR) is 61.9 cm³/mol. The van der Waals surface area contributed by atoms with E-state index < -0.39 is 0 Å². The highest BCUT2D eigenvalue weighted by Gasteiger charge is 2.05. The minimum Gasteiger partial charge on any atom is -0.223 e. The maximum Gasteiger partial charge on any atom is 0.223 e. The third-order valence-electron chi connectivity index (χ3n) is 2.16. The number of benzene rings is 1. The maximum atomic E-state index is 13.2. The Balaban J connectivity index is 2.57. The summed E-state index contributed by atoms with van der Waals surface area (Å²) in [5.41, 5.74) is 2.96. The molecule has 2 rings (SSSR count). The van der Waals surface area contributed by atoms with Crippen LogP contribution in [-0.2, 0) is 0 Å². The lowest BCUT2D eigenvalue weighted by molar-refractivity contribution is 0.627. The molecule has 0 aliphatic heterocycles. The molecule has 1 aromatic heterocycles. The molecule has 1 heterocycles. The summed E-state index contributed by atoms with van der Waals surface area (Å²) in [4.78, 5) is 8.04. The summed E-state index contributed by atoms with van der Waals surface area (Å²) < 4.78 is 13.2. The molecule has 0 bridgehead atoms. The minimum atomic E-state index is -0.276. The molecule has 1 aromatic carbocycles. The molecular weight excluding hydrogens is 227 g/mol. The minimum absolute atomic E-state index is 0.178. The standard InChI is InChI=1S/C12H10ClFN2/c1-7-3-9(6-10(14)4-7)11-5-8(2)15-12(13)16-11/h3-6H,1-2H3. The van der Waals surface area contributed by atoms with E-state index in [4.69, 9.17) is 11.6 Å². The van der Waals surface area contributed by atoms with Gasteiger partial charge in [-0.3, -0.25) is 0 Å². The first-order valence-corrected chi connectivity index (χ1v) is 5.21. The molecule has 0 aliphatic carbocycles. The molecule has 2 nitrogen and oxygen atoms in total. The molecule has 4 heteroatoms. The number of halogens is 2. The quantitative estimate of drug-likeness (QED) is 0.708. The van der Waals surface area contributed by atoms with Crippen LogP contribution in [0.25, 0.3) is 11.3 Å². The van der Waals surface area contributed by atoms with E-state index in [1.807, 2.05) is 19.9 Å². The smallest absolute Gasteiger partial charge is 0.223 e. The number of aromatic nitrogens is 2. The van der Waals surface area contributed by atoms with Crippen molar-refractivity contribution in [1.29, 1.82) is 0 Å². The van der Waals surface area contributed by atoms with Gasteiger partial charge in [-0.1, -0.05) is 0 Å². The Hall–Kier alpha value is -1.48. The molecule has 0 amide bonds. The van der Waals surface area contributed by atoms with Gasteiger partial charge in [0.05, 0.1) is 5.69 Å². The second-order valence-electron chi connectivity index (χ2n) is 3.68. The lowest BCUT2D eigenvalue weighted by atomic mass is 10.1. The zero-order valence-electron chi connectivity index (χ0n) is 8.96. The van der Waals surface area contributed by atoms with Crippen molar-refractivity contribution in [3.63, 3.8) is 0 Å². The first-order valence-electron chi connectivity index (χ1n) is 4.83. The van der Waals surface area contributed by atoms with E-state index in [-0.39, 0.29) is 11.1 Å². The zero-order chi connectivity index (χ0) is 11.7. The Kier molecular flexibility index (Phi) is 2.88. The number of hydrogen-bond acceptors (Lipinski definition) is 2. The molecule has 0 fully saturated rings. The Morgan fingerprint density at radius 2 is 1.81 bits per heavy atom. The van der Waals surface area contributed by atoms with Crippen molar-refractivity contribution < 1.29 is 4.39 Å². The summed E-state index contributed by atoms with van der Waals surface area (Å²) in [5, 5.41) is 0.178. The van der Waals surface area contributed by atoms with Gasteiger partial charge in [0.1, 0.15) is 5.82 Å². The molecule has 82 valence electrons. The second kappa shape index (κ2) is 4.18. The highest BCUT2D eigenvalue weighted by Crippen LogP contribution is 2.21. The van der Waals surface area contributed by atoms with Crippen molar-refractivity contribution in [3.8, 4) is 11.3 Å². The monoisotopic (exact) mass is 236 g/mol. The van der Waals surface area contributed by atoms with Gasteiger partial charge in [0, 0.05) is 11.3 Å². The zero-order valence-corrected chi connectivity index (χ0v) is 9.72. The van der Waals surface area contributed by atoms with Crippen molar-refractivity contribution in [3.05, 3.63) is 46.6 Å². The van der Waals surface area contributed by atoms with Gasteiger partial charge in [-0.25, -0.2) is 14.4 Å². The van der Waals surface area contributed by atoms with Gasteiger partial charge in [0.25, 0.3) is 0 Å². The van der Waals surface area contributed by atoms with E-state index in [2.05, 4.69) is 9.97 Å². The van der Waals surface area contributed by atoms with Crippen LogP contribution < -0.4 is 0 Å². The van der Waals surface area contributed by atoms with Gasteiger partial charge in [-0.2, -0.15) is 0 Å². The fourth-order valence-electron chi connectivity index (χ4n) is 1.56. The highest BCUT2D eigenvalue weighted by molar-refractivity contribution is 6.28. The molecule has 0 unspecified atom stereocenters. The van der Waals surface area contributed by atoms with Gasteiger partial charge in [-0.15, -0.1) is 0 Å². The molecule has 0 atom stereocenters. The summed E-state index contributed by atoms with van der Waals surface area (Å²) in [5.74, 6) is -0.276. The fraction of sp³-hybridized carbons (Fsp3) is 0.167. The topological polar surface area (TPSA) is 25.8 Å². The van der Waals surface area contributed by atoms with Gasteiger partial charge in [0.15, 0.2) is 0 Å². The number of rotatable bonds is 1. The van der Waals surface area contributed by atoms with Crippen molar-refractivity contribution >= 4 is 11.6 Å². The van der Waals surface area contributed by atoms with Crippen LogP contribution >= 0.6 is 11.6 Å². The van der Waals surface area contributed by atoms with Gasteiger partial charge >= 0.3 is 0 Å². The molecule has 16 heavy (non-hydrogen) atoms. The van der Waals surface area contributed by atoms with Crippen molar-refractivity contribution in [2.75, 3.05) is 0 Å². The van der Waals surface area contributed by atoms with Crippen LogP contribution in [0.2, 0.25) is 5.28 Å². The fourth-order valence-corrected chi connectivity index (χ4v) is 1.79. The molecule has 0 spiro atoms. The van der Waals surface area contributed by atoms with E-state index >= 15 is 0 Å². The summed E-state index contributed by atoms with van der Waals surface area (Å²) in [6.45, 7) is 3.66. The molecule has 0 N–H and O–H groups in total. The first-order chi connectivity index (χ1) is 7.54. The lowest BCUT2D eigenvalue weighted by Gasteiger charge is -2.04. The van der Waals surface area contributed by atoms with Gasteiger partial charge in [-0.05, 0) is 55.3 Å². The third kappa shape index (κ3) is 2.36. The van der Waals surface area contributed by atoms with Crippen molar-refractivity contribution in [2.24, 2.45) is 0 Å². The lowest BCUT2D eigenvalue weighted by Crippen LogP contribution is -1.92. The largest absolute Gasteiger partial charge is 0.223 e. The van der Waals surface area contributed by atoms with Crippen LogP contribution in [-0.4, -0.2) is 9.97 Å². The first kappa shape index (κ1) is 11.0. The SMILES string of the molecule is Cc1cc(F)cc(-c2cc(C)nc(Cl)n2)c1. The normalized spacial score (nSPS) is 10.5. The Morgan fingerprint density at radius 1 is 1.06 bits per heavy atom. The van der Waals surface area contributed by atoms with Crippen molar-refractivity contribution in [1.82, 2.24) is 9.97 Å². The predicted octanol–water partition coefficient (Wildman–Crippen LogP) is 3.55. The van der Waals surface area contributed by atoms with E-state index in [1.54, 1.807) is 6.07 Å². The van der Waals surface area contributed by atoms with Gasteiger partial charge in [0.2, 0.25) is 5.28 Å². The summed E-state index contributed by atoms with van der Waals surface area (Å²) >= 11 is 5.76. The number of hydrogen-bond donors (Lipinski definition) is 0. The van der Waals surface area contributed by atoms with Crippen LogP contribution in [0.1, 0.15) is 11.3 Å². The molecule has 0 radical (unpaired) electrons.